The zero-order valence-electron chi connectivity index (χ0n) is 45.8. The van der Waals surface area contributed by atoms with Gasteiger partial charge in [-0.25, -0.2) is 0 Å². The predicted octanol–water partition coefficient (Wildman–Crippen LogP) is 13.0. The Morgan fingerprint density at radius 1 is 0.443 bits per heavy atom. The van der Waals surface area contributed by atoms with E-state index in [-0.39, 0.29) is 6.42 Å². The highest BCUT2D eigenvalue weighted by Gasteiger charge is 2.44. The Morgan fingerprint density at radius 2 is 0.743 bits per heavy atom. The van der Waals surface area contributed by atoms with Gasteiger partial charge in [0, 0.05) is 0 Å². The lowest BCUT2D eigenvalue weighted by atomic mass is 9.98. The SMILES string of the molecule is CCCCCCCCCCCCCCCCCCCCCCCCCC(O)C(O)C(COC1OC(CO)C(O)C(O)C1O)NC(=O)C(O)CCCCCCCCCCCCCCCCCCCCCC. The maximum atomic E-state index is 13.2. The third-order valence-corrected chi connectivity index (χ3v) is 15.2. The second-order valence-electron chi connectivity index (χ2n) is 21.8. The minimum atomic E-state index is -1.66. The molecule has 0 bridgehead atoms. The van der Waals surface area contributed by atoms with Crippen LogP contribution in [0.4, 0.5) is 0 Å². The molecule has 70 heavy (non-hydrogen) atoms. The third kappa shape index (κ3) is 36.9. The van der Waals surface area contributed by atoms with Gasteiger partial charge in [-0.15, -0.1) is 0 Å². The van der Waals surface area contributed by atoms with Crippen LogP contribution in [0.3, 0.4) is 0 Å². The summed E-state index contributed by atoms with van der Waals surface area (Å²) in [6.45, 7) is 3.51. The Morgan fingerprint density at radius 3 is 1.06 bits per heavy atom. The summed E-state index contributed by atoms with van der Waals surface area (Å²) in [6.07, 6.45) is 44.4. The van der Waals surface area contributed by atoms with E-state index in [1.54, 1.807) is 0 Å². The number of aliphatic hydroxyl groups is 7. The molecule has 8 N–H and O–H groups in total. The summed E-state index contributed by atoms with van der Waals surface area (Å²) in [6, 6.07) is -1.16. The number of amides is 1. The van der Waals surface area contributed by atoms with E-state index in [1.165, 1.54) is 225 Å². The molecule has 11 nitrogen and oxygen atoms in total. The van der Waals surface area contributed by atoms with Crippen LogP contribution in [0.25, 0.3) is 0 Å². The Bertz CT molecular complexity index is 1100. The van der Waals surface area contributed by atoms with Crippen LogP contribution in [0.2, 0.25) is 0 Å². The first kappa shape index (κ1) is 67.1. The number of ether oxygens (including phenoxy) is 2. The summed E-state index contributed by atoms with van der Waals surface area (Å²) in [4.78, 5) is 13.2. The molecule has 1 amide bonds. The maximum Gasteiger partial charge on any atom is 0.249 e. The van der Waals surface area contributed by atoms with Crippen molar-refractivity contribution in [2.75, 3.05) is 13.2 Å². The Hall–Kier alpha value is -0.890. The molecule has 0 aliphatic carbocycles. The van der Waals surface area contributed by atoms with Gasteiger partial charge in [0.15, 0.2) is 6.29 Å². The monoisotopic (exact) mass is 1000 g/mol. The molecule has 9 atom stereocenters. The van der Waals surface area contributed by atoms with Gasteiger partial charge >= 0.3 is 0 Å². The van der Waals surface area contributed by atoms with Crippen molar-refractivity contribution in [2.24, 2.45) is 0 Å². The number of hydrogen-bond donors (Lipinski definition) is 8. The lowest BCUT2D eigenvalue weighted by molar-refractivity contribution is -0.303. The van der Waals surface area contributed by atoms with Crippen LogP contribution >= 0.6 is 0 Å². The molecule has 1 rings (SSSR count). The Balaban J connectivity index is 2.28. The molecule has 0 aromatic carbocycles. The molecule has 0 spiro atoms. The molecule has 1 saturated heterocycles. The minimum absolute atomic E-state index is 0.267. The standard InChI is InChI=1S/C59H117NO10/c1-3-5-7-9-11-13-15-17-19-21-23-25-26-27-29-30-32-34-36-38-40-42-44-46-51(62)54(64)50(49-69-59-57(67)56(66)55(65)53(48-61)70-59)60-58(68)52(63)47-45-43-41-39-37-35-33-31-28-24-22-20-18-16-14-12-10-8-6-4-2/h50-57,59,61-67H,3-49H2,1-2H3,(H,60,68). The fraction of sp³-hybridized carbons (Fsp3) is 0.983. The van der Waals surface area contributed by atoms with E-state index >= 15 is 0 Å². The molecule has 0 aromatic heterocycles. The number of rotatable bonds is 53. The molecular weight excluding hydrogens is 883 g/mol. The van der Waals surface area contributed by atoms with Crippen molar-refractivity contribution in [3.05, 3.63) is 0 Å². The summed E-state index contributed by atoms with van der Waals surface area (Å²) in [7, 11) is 0. The normalized spacial score (nSPS) is 20.2. The molecule has 1 aliphatic heterocycles. The molecular formula is C59H117NO10. The fourth-order valence-corrected chi connectivity index (χ4v) is 10.2. The number of unbranched alkanes of at least 4 members (excludes halogenated alkanes) is 41. The number of carbonyl (C=O) groups excluding carboxylic acids is 1. The van der Waals surface area contributed by atoms with Crippen molar-refractivity contribution in [3.63, 3.8) is 0 Å². The van der Waals surface area contributed by atoms with Gasteiger partial charge in [-0.05, 0) is 12.8 Å². The summed E-state index contributed by atoms with van der Waals surface area (Å²) in [5.41, 5.74) is 0. The first-order chi connectivity index (χ1) is 34.2. The van der Waals surface area contributed by atoms with E-state index in [0.717, 1.165) is 38.5 Å². The summed E-state index contributed by atoms with van der Waals surface area (Å²) in [5.74, 6) is -0.689. The Kier molecular flexibility index (Phi) is 47.0. The molecule has 9 unspecified atom stereocenters. The van der Waals surface area contributed by atoms with Crippen molar-refractivity contribution < 1.29 is 50.0 Å². The van der Waals surface area contributed by atoms with Crippen LogP contribution in [0.15, 0.2) is 0 Å². The van der Waals surface area contributed by atoms with Gasteiger partial charge in [0.05, 0.1) is 25.4 Å². The first-order valence-electron chi connectivity index (χ1n) is 30.4. The molecule has 1 aliphatic rings. The molecule has 1 fully saturated rings. The summed E-state index contributed by atoms with van der Waals surface area (Å²) < 4.78 is 11.2. The smallest absolute Gasteiger partial charge is 0.249 e. The summed E-state index contributed by atoms with van der Waals surface area (Å²) in [5, 5.41) is 76.3. The van der Waals surface area contributed by atoms with E-state index in [1.807, 2.05) is 0 Å². The number of aliphatic hydroxyl groups excluding tert-OH is 7. The Labute approximate surface area is 430 Å². The maximum absolute atomic E-state index is 13.2. The quantitative estimate of drug-likeness (QED) is 0.0272. The van der Waals surface area contributed by atoms with Crippen molar-refractivity contribution in [3.8, 4) is 0 Å². The highest BCUT2D eigenvalue weighted by molar-refractivity contribution is 5.80. The summed E-state index contributed by atoms with van der Waals surface area (Å²) >= 11 is 0. The van der Waals surface area contributed by atoms with Crippen molar-refractivity contribution in [2.45, 2.75) is 358 Å². The van der Waals surface area contributed by atoms with Gasteiger partial charge in [0.1, 0.15) is 36.6 Å². The van der Waals surface area contributed by atoms with Gasteiger partial charge in [0.2, 0.25) is 5.91 Å². The molecule has 418 valence electrons. The van der Waals surface area contributed by atoms with Crippen LogP contribution in [-0.2, 0) is 14.3 Å². The van der Waals surface area contributed by atoms with Gasteiger partial charge in [-0.3, -0.25) is 4.79 Å². The largest absolute Gasteiger partial charge is 0.394 e. The van der Waals surface area contributed by atoms with Crippen molar-refractivity contribution in [1.29, 1.82) is 0 Å². The average molecular weight is 1000 g/mol. The van der Waals surface area contributed by atoms with Crippen LogP contribution in [0.5, 0.6) is 0 Å². The van der Waals surface area contributed by atoms with E-state index < -0.39 is 74.2 Å². The lowest BCUT2D eigenvalue weighted by Crippen LogP contribution is -2.60. The van der Waals surface area contributed by atoms with E-state index in [2.05, 4.69) is 19.2 Å². The second kappa shape index (κ2) is 49.0. The molecule has 0 radical (unpaired) electrons. The molecule has 1 heterocycles. The number of carbonyl (C=O) groups is 1. The van der Waals surface area contributed by atoms with E-state index in [9.17, 15) is 40.5 Å². The fourth-order valence-electron chi connectivity index (χ4n) is 10.2. The number of nitrogens with one attached hydrogen (secondary N) is 1. The van der Waals surface area contributed by atoms with E-state index in [4.69, 9.17) is 9.47 Å². The lowest BCUT2D eigenvalue weighted by Gasteiger charge is -2.40. The van der Waals surface area contributed by atoms with Crippen LogP contribution in [0.1, 0.15) is 303 Å². The first-order valence-corrected chi connectivity index (χ1v) is 30.4. The zero-order chi connectivity index (χ0) is 51.1. The molecule has 0 aromatic rings. The molecule has 0 saturated carbocycles. The van der Waals surface area contributed by atoms with Crippen LogP contribution in [0, 0.1) is 0 Å². The zero-order valence-corrected chi connectivity index (χ0v) is 45.8. The van der Waals surface area contributed by atoms with Crippen LogP contribution < -0.4 is 5.32 Å². The number of hydrogen-bond acceptors (Lipinski definition) is 10. The van der Waals surface area contributed by atoms with Gasteiger partial charge < -0.3 is 50.5 Å². The topological polar surface area (TPSA) is 189 Å². The van der Waals surface area contributed by atoms with Crippen LogP contribution in [-0.4, -0.2) is 110 Å². The second-order valence-corrected chi connectivity index (χ2v) is 21.8. The highest BCUT2D eigenvalue weighted by atomic mass is 16.7. The van der Waals surface area contributed by atoms with Crippen molar-refractivity contribution in [1.82, 2.24) is 5.32 Å². The van der Waals surface area contributed by atoms with Gasteiger partial charge in [0.25, 0.3) is 0 Å². The third-order valence-electron chi connectivity index (χ3n) is 15.2. The minimum Gasteiger partial charge on any atom is -0.394 e. The average Bonchev–Trinajstić information content (AvgIpc) is 3.36. The predicted molar refractivity (Wildman–Crippen MR) is 289 cm³/mol. The van der Waals surface area contributed by atoms with Gasteiger partial charge in [-0.2, -0.15) is 0 Å². The van der Waals surface area contributed by atoms with E-state index in [0.29, 0.717) is 19.3 Å². The molecule has 11 heteroatoms. The highest BCUT2D eigenvalue weighted by Crippen LogP contribution is 2.24. The van der Waals surface area contributed by atoms with Gasteiger partial charge in [-0.1, -0.05) is 290 Å². The van der Waals surface area contributed by atoms with Crippen molar-refractivity contribution >= 4 is 5.91 Å².